The van der Waals surface area contributed by atoms with E-state index in [2.05, 4.69) is 11.8 Å². The van der Waals surface area contributed by atoms with E-state index in [9.17, 15) is 4.79 Å². The van der Waals surface area contributed by atoms with E-state index in [1.165, 1.54) is 0 Å². The predicted octanol–water partition coefficient (Wildman–Crippen LogP) is 0.135. The van der Waals surface area contributed by atoms with Gasteiger partial charge in [0, 0.05) is 18.5 Å². The van der Waals surface area contributed by atoms with E-state index in [1.807, 2.05) is 7.05 Å². The van der Waals surface area contributed by atoms with Crippen LogP contribution in [0.25, 0.3) is 0 Å². The molecule has 0 aromatic rings. The lowest BCUT2D eigenvalue weighted by Gasteiger charge is -2.40. The van der Waals surface area contributed by atoms with E-state index >= 15 is 0 Å². The molecule has 8 heavy (non-hydrogen) atoms. The summed E-state index contributed by atoms with van der Waals surface area (Å²) in [5, 5.41) is 0. The largest absolute Gasteiger partial charge is 0.303 e. The Balaban J connectivity index is 2.35. The average molecular weight is 113 g/mol. The molecule has 0 bridgehead atoms. The van der Waals surface area contributed by atoms with Crippen molar-refractivity contribution in [2.24, 2.45) is 5.92 Å². The number of hydrogen-bond acceptors (Lipinski definition) is 2. The van der Waals surface area contributed by atoms with Crippen molar-refractivity contribution in [2.45, 2.75) is 13.0 Å². The normalized spacial score (nSPS) is 38.8. The molecule has 2 unspecified atom stereocenters. The first-order valence-corrected chi connectivity index (χ1v) is 2.91. The number of carbonyl (C=O) groups is 1. The van der Waals surface area contributed by atoms with Crippen LogP contribution in [0.4, 0.5) is 0 Å². The van der Waals surface area contributed by atoms with Crippen molar-refractivity contribution in [3.63, 3.8) is 0 Å². The molecule has 0 spiro atoms. The fourth-order valence-corrected chi connectivity index (χ4v) is 0.997. The Morgan fingerprint density at radius 1 is 1.75 bits per heavy atom. The highest BCUT2D eigenvalue weighted by atomic mass is 16.1. The maximum Gasteiger partial charge on any atom is 0.125 e. The molecule has 0 amide bonds. The van der Waals surface area contributed by atoms with Crippen LogP contribution in [0.5, 0.6) is 0 Å². The second-order valence-corrected chi connectivity index (χ2v) is 2.48. The molecular formula is C6H11NO. The van der Waals surface area contributed by atoms with Gasteiger partial charge in [-0.15, -0.1) is 0 Å². The van der Waals surface area contributed by atoms with Crippen LogP contribution in [-0.4, -0.2) is 30.8 Å². The zero-order valence-electron chi connectivity index (χ0n) is 5.29. The molecule has 0 radical (unpaired) electrons. The van der Waals surface area contributed by atoms with Gasteiger partial charge in [0.25, 0.3) is 0 Å². The minimum Gasteiger partial charge on any atom is -0.303 e. The van der Waals surface area contributed by atoms with Gasteiger partial charge in [0.15, 0.2) is 0 Å². The molecule has 0 saturated carbocycles. The summed E-state index contributed by atoms with van der Waals surface area (Å²) in [6, 6.07) is 0.479. The third kappa shape index (κ3) is 0.650. The van der Waals surface area contributed by atoms with Gasteiger partial charge in [-0.2, -0.15) is 0 Å². The van der Waals surface area contributed by atoms with Crippen LogP contribution in [0.2, 0.25) is 0 Å². The summed E-state index contributed by atoms with van der Waals surface area (Å²) >= 11 is 0. The summed E-state index contributed by atoms with van der Waals surface area (Å²) < 4.78 is 0. The summed E-state index contributed by atoms with van der Waals surface area (Å²) in [4.78, 5) is 12.3. The lowest BCUT2D eigenvalue weighted by atomic mass is 9.93. The minimum absolute atomic E-state index is 0.306. The van der Waals surface area contributed by atoms with Gasteiger partial charge in [-0.05, 0) is 14.0 Å². The molecule has 1 rings (SSSR count). The first-order valence-electron chi connectivity index (χ1n) is 2.91. The van der Waals surface area contributed by atoms with E-state index in [4.69, 9.17) is 0 Å². The van der Waals surface area contributed by atoms with Crippen LogP contribution < -0.4 is 0 Å². The molecule has 0 aromatic carbocycles. The fourth-order valence-electron chi connectivity index (χ4n) is 0.997. The second kappa shape index (κ2) is 1.86. The molecule has 0 N–H and O–H groups in total. The van der Waals surface area contributed by atoms with Crippen LogP contribution >= 0.6 is 0 Å². The lowest BCUT2D eigenvalue weighted by molar-refractivity contribution is -0.118. The van der Waals surface area contributed by atoms with Crippen molar-refractivity contribution >= 4 is 6.29 Å². The van der Waals surface area contributed by atoms with E-state index in [-0.39, 0.29) is 0 Å². The molecule has 1 aliphatic heterocycles. The molecule has 1 fully saturated rings. The summed E-state index contributed by atoms with van der Waals surface area (Å²) in [7, 11) is 2.03. The molecule has 2 heteroatoms. The third-order valence-electron chi connectivity index (χ3n) is 1.99. The standard InChI is InChI=1S/C6H11NO/c1-5-6(4-8)3-7(5)2/h4-6H,3H2,1-2H3. The molecule has 2 nitrogen and oxygen atoms in total. The first-order chi connectivity index (χ1) is 3.75. The Morgan fingerprint density at radius 3 is 2.50 bits per heavy atom. The minimum atomic E-state index is 0.306. The highest BCUT2D eigenvalue weighted by Crippen LogP contribution is 2.18. The maximum absolute atomic E-state index is 10.1. The van der Waals surface area contributed by atoms with E-state index in [0.29, 0.717) is 12.0 Å². The van der Waals surface area contributed by atoms with Gasteiger partial charge < -0.3 is 9.69 Å². The van der Waals surface area contributed by atoms with Crippen molar-refractivity contribution < 1.29 is 4.79 Å². The van der Waals surface area contributed by atoms with Gasteiger partial charge in [0.05, 0.1) is 0 Å². The van der Waals surface area contributed by atoms with Crippen molar-refractivity contribution in [1.29, 1.82) is 0 Å². The SMILES string of the molecule is CC1C(C=O)CN1C. The van der Waals surface area contributed by atoms with Crippen molar-refractivity contribution in [2.75, 3.05) is 13.6 Å². The number of nitrogens with zero attached hydrogens (tertiary/aromatic N) is 1. The lowest BCUT2D eigenvalue weighted by Crippen LogP contribution is -2.52. The molecule has 1 saturated heterocycles. The molecule has 46 valence electrons. The molecule has 0 aliphatic carbocycles. The Bertz CT molecular complexity index is 103. The Labute approximate surface area is 49.5 Å². The van der Waals surface area contributed by atoms with Gasteiger partial charge in [-0.1, -0.05) is 0 Å². The predicted molar refractivity (Wildman–Crippen MR) is 31.6 cm³/mol. The van der Waals surface area contributed by atoms with Gasteiger partial charge >= 0.3 is 0 Å². The first kappa shape index (κ1) is 5.76. The molecular weight excluding hydrogens is 102 g/mol. The van der Waals surface area contributed by atoms with Crippen molar-refractivity contribution in [3.05, 3.63) is 0 Å². The Morgan fingerprint density at radius 2 is 2.38 bits per heavy atom. The number of likely N-dealkylation sites (tertiary alicyclic amines) is 1. The van der Waals surface area contributed by atoms with Crippen LogP contribution in [0.3, 0.4) is 0 Å². The molecule has 2 atom stereocenters. The van der Waals surface area contributed by atoms with Crippen LogP contribution in [0.15, 0.2) is 0 Å². The van der Waals surface area contributed by atoms with Crippen LogP contribution in [0.1, 0.15) is 6.92 Å². The number of carbonyl (C=O) groups excluding carboxylic acids is 1. The van der Waals surface area contributed by atoms with Crippen LogP contribution in [0, 0.1) is 5.92 Å². The van der Waals surface area contributed by atoms with Crippen molar-refractivity contribution in [1.82, 2.24) is 4.90 Å². The summed E-state index contributed by atoms with van der Waals surface area (Å²) in [5.41, 5.74) is 0. The quantitative estimate of drug-likeness (QED) is 0.451. The zero-order chi connectivity index (χ0) is 6.15. The van der Waals surface area contributed by atoms with Crippen LogP contribution in [-0.2, 0) is 4.79 Å². The van der Waals surface area contributed by atoms with Gasteiger partial charge in [-0.3, -0.25) is 0 Å². The summed E-state index contributed by atoms with van der Waals surface area (Å²) in [5.74, 6) is 0.306. The summed E-state index contributed by atoms with van der Waals surface area (Å²) in [6.45, 7) is 3.02. The zero-order valence-corrected chi connectivity index (χ0v) is 5.29. The monoisotopic (exact) mass is 113 g/mol. The number of rotatable bonds is 1. The van der Waals surface area contributed by atoms with E-state index in [0.717, 1.165) is 12.8 Å². The van der Waals surface area contributed by atoms with Gasteiger partial charge in [0.2, 0.25) is 0 Å². The highest BCUT2D eigenvalue weighted by molar-refractivity contribution is 5.56. The second-order valence-electron chi connectivity index (χ2n) is 2.48. The molecule has 0 aromatic heterocycles. The maximum atomic E-state index is 10.1. The Hall–Kier alpha value is -0.370. The average Bonchev–Trinajstić information content (AvgIpc) is 1.81. The summed E-state index contributed by atoms with van der Waals surface area (Å²) in [6.07, 6.45) is 1.05. The number of hydrogen-bond donors (Lipinski definition) is 0. The smallest absolute Gasteiger partial charge is 0.125 e. The topological polar surface area (TPSA) is 20.3 Å². The molecule has 1 heterocycles. The van der Waals surface area contributed by atoms with Gasteiger partial charge in [-0.25, -0.2) is 0 Å². The van der Waals surface area contributed by atoms with Crippen molar-refractivity contribution in [3.8, 4) is 0 Å². The van der Waals surface area contributed by atoms with E-state index in [1.54, 1.807) is 0 Å². The fraction of sp³-hybridized carbons (Fsp3) is 0.833. The van der Waals surface area contributed by atoms with Gasteiger partial charge in [0.1, 0.15) is 6.29 Å². The molecule has 1 aliphatic rings. The highest BCUT2D eigenvalue weighted by Gasteiger charge is 2.31. The Kier molecular flexibility index (Phi) is 1.34. The number of aldehydes is 1. The third-order valence-corrected chi connectivity index (χ3v) is 1.99. The van der Waals surface area contributed by atoms with E-state index < -0.39 is 0 Å².